The van der Waals surface area contributed by atoms with Crippen LogP contribution in [0.4, 0.5) is 0 Å². The Kier molecular flexibility index (Phi) is 13.8. The average Bonchev–Trinajstić information content (AvgIpc) is 3.97. The zero-order valence-corrected chi connectivity index (χ0v) is 35.0. The maximum atomic E-state index is 14.4. The van der Waals surface area contributed by atoms with Crippen molar-refractivity contribution in [1.82, 2.24) is 41.1 Å². The lowest BCUT2D eigenvalue weighted by molar-refractivity contribution is -0.141. The van der Waals surface area contributed by atoms with E-state index in [1.807, 2.05) is 30.3 Å². The van der Waals surface area contributed by atoms with Crippen molar-refractivity contribution in [2.24, 2.45) is 0 Å². The van der Waals surface area contributed by atoms with Gasteiger partial charge >= 0.3 is 0 Å². The van der Waals surface area contributed by atoms with Crippen LogP contribution in [0.1, 0.15) is 72.6 Å². The molecule has 7 N–H and O–H groups in total. The molecule has 0 fully saturated rings. The molecule has 16 nitrogen and oxygen atoms in total. The lowest BCUT2D eigenvalue weighted by Gasteiger charge is -2.27. The summed E-state index contributed by atoms with van der Waals surface area (Å²) in [7, 11) is 1.37. The molecule has 60 heavy (non-hydrogen) atoms. The van der Waals surface area contributed by atoms with Gasteiger partial charge in [0.05, 0.1) is 28.7 Å². The zero-order chi connectivity index (χ0) is 43.2. The average molecular weight is 859 g/mol. The maximum absolute atomic E-state index is 14.4. The first-order valence-corrected chi connectivity index (χ1v) is 20.8. The number of carbonyl (C=O) groups is 7. The molecule has 2 bridgehead atoms. The predicted octanol–water partition coefficient (Wildman–Crippen LogP) is 3.08. The number of likely N-dealkylation sites (N-methyl/N-ethyl adjacent to an activating group) is 1. The van der Waals surface area contributed by atoms with Crippen LogP contribution in [-0.2, 0) is 41.6 Å². The normalized spacial score (nSPS) is 22.9. The monoisotopic (exact) mass is 858 g/mol. The Morgan fingerprint density at radius 2 is 1.55 bits per heavy atom. The molecule has 0 unspecified atom stereocenters. The third kappa shape index (κ3) is 10.3. The van der Waals surface area contributed by atoms with Gasteiger partial charge in [-0.1, -0.05) is 42.8 Å². The first-order chi connectivity index (χ1) is 28.6. The van der Waals surface area contributed by atoms with E-state index in [4.69, 9.17) is 11.6 Å². The summed E-state index contributed by atoms with van der Waals surface area (Å²) in [4.78, 5) is 107. The van der Waals surface area contributed by atoms with Crippen LogP contribution >= 0.6 is 22.9 Å². The van der Waals surface area contributed by atoms with E-state index in [9.17, 15) is 38.7 Å². The van der Waals surface area contributed by atoms with Gasteiger partial charge in [0.1, 0.15) is 23.8 Å². The number of halogens is 1. The maximum Gasteiger partial charge on any atom is 0.271 e. The van der Waals surface area contributed by atoms with Gasteiger partial charge in [0.15, 0.2) is 11.6 Å². The van der Waals surface area contributed by atoms with Crippen molar-refractivity contribution in [3.8, 4) is 0 Å². The number of thiazole rings is 1. The molecule has 5 aromatic rings. The van der Waals surface area contributed by atoms with Gasteiger partial charge < -0.3 is 41.2 Å². The van der Waals surface area contributed by atoms with Crippen molar-refractivity contribution in [2.45, 2.75) is 89.1 Å². The van der Waals surface area contributed by atoms with Crippen molar-refractivity contribution in [1.29, 1.82) is 0 Å². The highest BCUT2D eigenvalue weighted by Gasteiger charge is 2.33. The van der Waals surface area contributed by atoms with Gasteiger partial charge in [-0.15, -0.1) is 11.3 Å². The Labute approximate surface area is 354 Å². The second kappa shape index (κ2) is 19.0. The number of nitrogens with one attached hydrogen (secondary N) is 6. The van der Waals surface area contributed by atoms with E-state index in [0.29, 0.717) is 26.5 Å². The second-order valence-corrected chi connectivity index (χ2v) is 16.5. The summed E-state index contributed by atoms with van der Waals surface area (Å²) in [6, 6.07) is 7.79. The Bertz CT molecular complexity index is 2440. The molecule has 6 atom stereocenters. The summed E-state index contributed by atoms with van der Waals surface area (Å²) in [5.74, 6) is -4.77. The van der Waals surface area contributed by atoms with Gasteiger partial charge in [-0.05, 0) is 43.2 Å². The molecule has 316 valence electrons. The van der Waals surface area contributed by atoms with E-state index < -0.39 is 71.5 Å². The van der Waals surface area contributed by atoms with Crippen LogP contribution < -0.4 is 21.3 Å². The summed E-state index contributed by atoms with van der Waals surface area (Å²) in [5, 5.41) is 25.0. The van der Waals surface area contributed by atoms with Crippen LogP contribution in [0.3, 0.4) is 0 Å². The Morgan fingerprint density at radius 1 is 0.850 bits per heavy atom. The Hall–Kier alpha value is -5.91. The number of benzene rings is 2. The quantitative estimate of drug-likeness (QED) is 0.137. The number of aromatic amines is 2. The largest absolute Gasteiger partial charge is 0.391 e. The highest BCUT2D eigenvalue weighted by Crippen LogP contribution is 2.28. The van der Waals surface area contributed by atoms with Crippen molar-refractivity contribution < 1.29 is 38.7 Å². The van der Waals surface area contributed by atoms with E-state index in [0.717, 1.165) is 32.7 Å². The van der Waals surface area contributed by atoms with E-state index in [1.54, 1.807) is 31.5 Å². The molecule has 18 heteroatoms. The van der Waals surface area contributed by atoms with Crippen molar-refractivity contribution >= 4 is 85.8 Å². The number of rotatable bonds is 5. The van der Waals surface area contributed by atoms with Crippen molar-refractivity contribution in [3.05, 3.63) is 87.1 Å². The number of hydrogen-bond acceptors (Lipinski definition) is 10. The van der Waals surface area contributed by atoms with E-state index in [-0.39, 0.29) is 50.1 Å². The first-order valence-electron chi connectivity index (χ1n) is 19.5. The number of aliphatic hydroxyl groups excluding tert-OH is 1. The number of hydrogen-bond donors (Lipinski definition) is 7. The van der Waals surface area contributed by atoms with Gasteiger partial charge in [0, 0.05) is 84.6 Å². The molecular formula is C42H47ClN8O8S. The minimum Gasteiger partial charge on any atom is -0.391 e. The molecule has 0 spiro atoms. The highest BCUT2D eigenvalue weighted by molar-refractivity contribution is 7.09. The smallest absolute Gasteiger partial charge is 0.271 e. The van der Waals surface area contributed by atoms with Gasteiger partial charge in [0.25, 0.3) is 5.91 Å². The molecule has 3 aromatic heterocycles. The fourth-order valence-electron chi connectivity index (χ4n) is 7.22. The minimum absolute atomic E-state index is 0.0161. The van der Waals surface area contributed by atoms with Gasteiger partial charge in [-0.25, -0.2) is 4.98 Å². The fraction of sp³-hybridized carbons (Fsp3) is 0.381. The van der Waals surface area contributed by atoms with Crippen LogP contribution in [0, 0.1) is 0 Å². The summed E-state index contributed by atoms with van der Waals surface area (Å²) < 4.78 is 0. The topological polar surface area (TPSA) is 236 Å². The number of ketones is 2. The van der Waals surface area contributed by atoms with Crippen molar-refractivity contribution in [2.75, 3.05) is 13.6 Å². The summed E-state index contributed by atoms with van der Waals surface area (Å²) >= 11 is 7.74. The second-order valence-electron chi connectivity index (χ2n) is 15.2. The molecule has 0 radical (unpaired) electrons. The number of fused-ring (bicyclic) bond motifs is 4. The Balaban J connectivity index is 1.34. The first kappa shape index (κ1) is 43.7. The van der Waals surface area contributed by atoms with Crippen LogP contribution in [0.5, 0.6) is 0 Å². The zero-order valence-electron chi connectivity index (χ0n) is 33.5. The van der Waals surface area contributed by atoms with Crippen LogP contribution in [0.2, 0.25) is 5.02 Å². The minimum atomic E-state index is -1.43. The standard InChI is InChI=1S/C42H47ClN8O8S/c1-21-14-26(53)19-51(4)42(59)37(23(3)52)50-38(56)22(2)46-35(55)13-12-34(54)31(16-25-18-45-30-11-7-9-28(43)36(25)30)47-39(57)32(48-40(58)33-20-60-41(21)49-33)15-24-17-44-29-10-6-5-8-27(24)29/h5-11,17-18,20-23,31-32,37,44-45,52H,12-16,19H2,1-4H3,(H,46,55)(H,47,57)(H,48,58)(H,50,56)/t21-,22+,23+,31-,32-,37-/m0/s1. The van der Waals surface area contributed by atoms with Crippen LogP contribution in [-0.4, -0.2) is 110 Å². The molecule has 5 amide bonds. The number of amides is 5. The number of para-hydroxylation sites is 1. The summed E-state index contributed by atoms with van der Waals surface area (Å²) in [6.45, 7) is 4.11. The van der Waals surface area contributed by atoms with Crippen molar-refractivity contribution in [3.63, 3.8) is 0 Å². The lowest BCUT2D eigenvalue weighted by atomic mass is 9.97. The lowest BCUT2D eigenvalue weighted by Crippen LogP contribution is -2.57. The number of nitrogens with zero attached hydrogens (tertiary/aromatic N) is 2. The van der Waals surface area contributed by atoms with E-state index in [1.165, 1.54) is 26.3 Å². The molecule has 0 saturated carbocycles. The molecule has 2 aromatic carbocycles. The molecule has 4 heterocycles. The third-order valence-electron chi connectivity index (χ3n) is 10.5. The van der Waals surface area contributed by atoms with E-state index in [2.05, 4.69) is 36.2 Å². The van der Waals surface area contributed by atoms with Crippen LogP contribution in [0.25, 0.3) is 21.8 Å². The molecule has 1 aliphatic rings. The summed E-state index contributed by atoms with van der Waals surface area (Å²) in [6.07, 6.45) is 1.38. The number of Topliss-reactive ketones (excluding diaryl/α,β-unsaturated/α-hetero) is 2. The molecule has 6 rings (SSSR count). The molecular weight excluding hydrogens is 812 g/mol. The SMILES string of the molecule is C[C@H]1NC(=O)CCC(=O)[C@H](Cc2c[nH]c3cccc(Cl)c23)NC(=O)[C@H](Cc2c[nH]c3ccccc23)NC(=O)c2csc(n2)[C@@H](C)CC(=O)CN(C)C(=O)[C@H]([C@@H](C)O)NC1=O. The van der Waals surface area contributed by atoms with Gasteiger partial charge in [0.2, 0.25) is 23.6 Å². The van der Waals surface area contributed by atoms with Gasteiger partial charge in [-0.2, -0.15) is 0 Å². The van der Waals surface area contributed by atoms with E-state index >= 15 is 0 Å². The van der Waals surface area contributed by atoms with Gasteiger partial charge in [-0.3, -0.25) is 33.6 Å². The molecule has 0 aliphatic carbocycles. The number of carbonyl (C=O) groups excluding carboxylic acids is 7. The van der Waals surface area contributed by atoms with Crippen LogP contribution in [0.15, 0.2) is 60.2 Å². The number of H-pyrrole nitrogens is 2. The molecule has 1 aliphatic heterocycles. The highest BCUT2D eigenvalue weighted by atomic mass is 35.5. The summed E-state index contributed by atoms with van der Waals surface area (Å²) in [5.41, 5.74) is 2.91. The predicted molar refractivity (Wildman–Crippen MR) is 225 cm³/mol. The third-order valence-corrected chi connectivity index (χ3v) is 11.9. The Morgan fingerprint density at radius 3 is 2.32 bits per heavy atom. The fourth-order valence-corrected chi connectivity index (χ4v) is 8.37. The molecule has 0 saturated heterocycles. The number of aliphatic hydroxyl groups is 1. The number of aromatic nitrogens is 3.